The number of carbonyl (C=O) groups excluding carboxylic acids is 2. The number of halogens is 1. The van der Waals surface area contributed by atoms with E-state index >= 15 is 0 Å². The van der Waals surface area contributed by atoms with Crippen LogP contribution in [-0.4, -0.2) is 11.9 Å². The SMILES string of the molecule is CCc1cccc(OC(=O)CCC(=O)Oc2cccc(Cl)c2)c1. The van der Waals surface area contributed by atoms with Gasteiger partial charge < -0.3 is 9.47 Å². The highest BCUT2D eigenvalue weighted by Crippen LogP contribution is 2.18. The highest BCUT2D eigenvalue weighted by molar-refractivity contribution is 6.30. The predicted octanol–water partition coefficient (Wildman–Crippen LogP) is 4.19. The van der Waals surface area contributed by atoms with Gasteiger partial charge >= 0.3 is 11.9 Å². The van der Waals surface area contributed by atoms with Crippen LogP contribution in [0.2, 0.25) is 5.02 Å². The molecule has 0 amide bonds. The Bertz CT molecular complexity index is 697. The minimum Gasteiger partial charge on any atom is -0.427 e. The number of carbonyl (C=O) groups is 2. The molecule has 0 aromatic heterocycles. The van der Waals surface area contributed by atoms with E-state index < -0.39 is 11.9 Å². The molecule has 2 rings (SSSR count). The fraction of sp³-hybridized carbons (Fsp3) is 0.222. The highest BCUT2D eigenvalue weighted by atomic mass is 35.5. The van der Waals surface area contributed by atoms with Gasteiger partial charge in [-0.2, -0.15) is 0 Å². The highest BCUT2D eigenvalue weighted by Gasteiger charge is 2.11. The van der Waals surface area contributed by atoms with Crippen molar-refractivity contribution in [3.63, 3.8) is 0 Å². The van der Waals surface area contributed by atoms with Gasteiger partial charge in [-0.15, -0.1) is 0 Å². The van der Waals surface area contributed by atoms with Gasteiger partial charge in [0.25, 0.3) is 0 Å². The van der Waals surface area contributed by atoms with Gasteiger partial charge in [-0.25, -0.2) is 0 Å². The molecular weight excluding hydrogens is 316 g/mol. The van der Waals surface area contributed by atoms with E-state index in [1.807, 2.05) is 25.1 Å². The summed E-state index contributed by atoms with van der Waals surface area (Å²) < 4.78 is 10.3. The molecular formula is C18H17ClO4. The Balaban J connectivity index is 1.80. The average molecular weight is 333 g/mol. The fourth-order valence-corrected chi connectivity index (χ4v) is 2.11. The summed E-state index contributed by atoms with van der Waals surface area (Å²) in [5.41, 5.74) is 1.08. The van der Waals surface area contributed by atoms with Gasteiger partial charge in [0.2, 0.25) is 0 Å². The predicted molar refractivity (Wildman–Crippen MR) is 87.8 cm³/mol. The van der Waals surface area contributed by atoms with Crippen molar-refractivity contribution in [2.45, 2.75) is 26.2 Å². The lowest BCUT2D eigenvalue weighted by atomic mass is 10.2. The molecule has 0 aliphatic carbocycles. The van der Waals surface area contributed by atoms with E-state index in [9.17, 15) is 9.59 Å². The van der Waals surface area contributed by atoms with Gasteiger partial charge in [0.1, 0.15) is 11.5 Å². The molecule has 0 N–H and O–H groups in total. The van der Waals surface area contributed by atoms with Gasteiger partial charge in [-0.3, -0.25) is 9.59 Å². The van der Waals surface area contributed by atoms with Crippen molar-refractivity contribution in [1.29, 1.82) is 0 Å². The minimum absolute atomic E-state index is 0.0459. The summed E-state index contributed by atoms with van der Waals surface area (Å²) >= 11 is 5.81. The number of hydrogen-bond donors (Lipinski definition) is 0. The van der Waals surface area contributed by atoms with Crippen LogP contribution in [0.4, 0.5) is 0 Å². The number of esters is 2. The number of aryl methyl sites for hydroxylation is 1. The van der Waals surface area contributed by atoms with Gasteiger partial charge in [-0.05, 0) is 42.3 Å². The molecule has 0 unspecified atom stereocenters. The second-order valence-electron chi connectivity index (χ2n) is 4.91. The number of ether oxygens (including phenoxy) is 2. The molecule has 0 radical (unpaired) electrons. The molecule has 4 nitrogen and oxygen atoms in total. The maximum absolute atomic E-state index is 11.8. The Morgan fingerprint density at radius 3 is 2.04 bits per heavy atom. The zero-order valence-electron chi connectivity index (χ0n) is 12.8. The van der Waals surface area contributed by atoms with E-state index in [4.69, 9.17) is 21.1 Å². The van der Waals surface area contributed by atoms with E-state index in [0.717, 1.165) is 12.0 Å². The summed E-state index contributed by atoms with van der Waals surface area (Å²) in [4.78, 5) is 23.5. The van der Waals surface area contributed by atoms with Crippen LogP contribution >= 0.6 is 11.6 Å². The Hall–Kier alpha value is -2.33. The van der Waals surface area contributed by atoms with Crippen molar-refractivity contribution in [2.24, 2.45) is 0 Å². The van der Waals surface area contributed by atoms with Crippen LogP contribution in [0.15, 0.2) is 48.5 Å². The first-order chi connectivity index (χ1) is 11.1. The zero-order valence-corrected chi connectivity index (χ0v) is 13.5. The lowest BCUT2D eigenvalue weighted by Gasteiger charge is -2.06. The van der Waals surface area contributed by atoms with Crippen LogP contribution in [-0.2, 0) is 16.0 Å². The van der Waals surface area contributed by atoms with Crippen molar-refractivity contribution in [3.05, 3.63) is 59.1 Å². The van der Waals surface area contributed by atoms with Gasteiger partial charge in [0, 0.05) is 5.02 Å². The Kier molecular flexibility index (Phi) is 6.18. The monoisotopic (exact) mass is 332 g/mol. The van der Waals surface area contributed by atoms with Crippen LogP contribution < -0.4 is 9.47 Å². The van der Waals surface area contributed by atoms with E-state index in [1.54, 1.807) is 24.3 Å². The normalized spacial score (nSPS) is 10.2. The standard InChI is InChI=1S/C18H17ClO4/c1-2-13-5-3-7-15(11-13)22-17(20)9-10-18(21)23-16-8-4-6-14(19)12-16/h3-8,11-12H,2,9-10H2,1H3. The third-order valence-electron chi connectivity index (χ3n) is 3.10. The van der Waals surface area contributed by atoms with Gasteiger partial charge in [0.05, 0.1) is 12.8 Å². The third-order valence-corrected chi connectivity index (χ3v) is 3.33. The molecule has 0 fully saturated rings. The molecule has 0 aliphatic heterocycles. The van der Waals surface area contributed by atoms with E-state index in [-0.39, 0.29) is 12.8 Å². The molecule has 2 aromatic carbocycles. The van der Waals surface area contributed by atoms with Crippen molar-refractivity contribution in [3.8, 4) is 11.5 Å². The first-order valence-electron chi connectivity index (χ1n) is 7.32. The lowest BCUT2D eigenvalue weighted by molar-refractivity contribution is -0.140. The lowest BCUT2D eigenvalue weighted by Crippen LogP contribution is -2.14. The number of hydrogen-bond acceptors (Lipinski definition) is 4. The second-order valence-corrected chi connectivity index (χ2v) is 5.34. The maximum atomic E-state index is 11.8. The molecule has 23 heavy (non-hydrogen) atoms. The third kappa shape index (κ3) is 5.75. The van der Waals surface area contributed by atoms with Crippen molar-refractivity contribution in [1.82, 2.24) is 0 Å². The Morgan fingerprint density at radius 1 is 0.913 bits per heavy atom. The molecule has 0 atom stereocenters. The topological polar surface area (TPSA) is 52.6 Å². The Morgan fingerprint density at radius 2 is 1.48 bits per heavy atom. The summed E-state index contributed by atoms with van der Waals surface area (Å²) in [5, 5.41) is 0.477. The van der Waals surface area contributed by atoms with E-state index in [2.05, 4.69) is 0 Å². The largest absolute Gasteiger partial charge is 0.427 e. The second kappa shape index (κ2) is 8.34. The minimum atomic E-state index is -0.508. The van der Waals surface area contributed by atoms with Crippen LogP contribution in [0, 0.1) is 0 Å². The van der Waals surface area contributed by atoms with E-state index in [0.29, 0.717) is 16.5 Å². The number of rotatable bonds is 6. The van der Waals surface area contributed by atoms with Gasteiger partial charge in [0.15, 0.2) is 0 Å². The van der Waals surface area contributed by atoms with Crippen molar-refractivity contribution in [2.75, 3.05) is 0 Å². The van der Waals surface area contributed by atoms with Crippen molar-refractivity contribution >= 4 is 23.5 Å². The molecule has 2 aromatic rings. The number of benzene rings is 2. The van der Waals surface area contributed by atoms with Crippen molar-refractivity contribution < 1.29 is 19.1 Å². The molecule has 5 heteroatoms. The Labute approximate surface area is 140 Å². The summed E-state index contributed by atoms with van der Waals surface area (Å²) in [6.07, 6.45) is 0.756. The zero-order chi connectivity index (χ0) is 16.7. The average Bonchev–Trinajstić information content (AvgIpc) is 2.53. The summed E-state index contributed by atoms with van der Waals surface area (Å²) in [7, 11) is 0. The first-order valence-corrected chi connectivity index (χ1v) is 7.70. The smallest absolute Gasteiger partial charge is 0.311 e. The summed E-state index contributed by atoms with van der Waals surface area (Å²) in [6.45, 7) is 2.02. The van der Waals surface area contributed by atoms with E-state index in [1.165, 1.54) is 6.07 Å². The van der Waals surface area contributed by atoms with Gasteiger partial charge in [-0.1, -0.05) is 36.7 Å². The van der Waals surface area contributed by atoms with Crippen LogP contribution in [0.25, 0.3) is 0 Å². The van der Waals surface area contributed by atoms with Crippen LogP contribution in [0.3, 0.4) is 0 Å². The molecule has 0 saturated heterocycles. The quantitative estimate of drug-likeness (QED) is 0.588. The first kappa shape index (κ1) is 17.0. The molecule has 120 valence electrons. The summed E-state index contributed by atoms with van der Waals surface area (Å²) in [5.74, 6) is -0.142. The molecule has 0 spiro atoms. The fourth-order valence-electron chi connectivity index (χ4n) is 1.93. The molecule has 0 heterocycles. The van der Waals surface area contributed by atoms with Crippen LogP contribution in [0.1, 0.15) is 25.3 Å². The molecule has 0 saturated carbocycles. The molecule has 0 bridgehead atoms. The maximum Gasteiger partial charge on any atom is 0.311 e. The van der Waals surface area contributed by atoms with Crippen LogP contribution in [0.5, 0.6) is 11.5 Å². The molecule has 0 aliphatic rings. The summed E-state index contributed by atoms with van der Waals surface area (Å²) in [6, 6.07) is 13.8.